The molecule has 1 aliphatic rings. The van der Waals surface area contributed by atoms with Crippen molar-refractivity contribution in [3.05, 3.63) is 89.5 Å². The number of carbonyl (C=O) groups is 2. The summed E-state index contributed by atoms with van der Waals surface area (Å²) in [5, 5.41) is 12.5. The van der Waals surface area contributed by atoms with E-state index in [0.717, 1.165) is 49.4 Å². The van der Waals surface area contributed by atoms with Crippen molar-refractivity contribution in [1.82, 2.24) is 0 Å². The van der Waals surface area contributed by atoms with Crippen molar-refractivity contribution in [1.29, 1.82) is 0 Å². The summed E-state index contributed by atoms with van der Waals surface area (Å²) < 4.78 is 5.14. The quantitative estimate of drug-likeness (QED) is 0.495. The second-order valence-electron chi connectivity index (χ2n) is 8.73. The summed E-state index contributed by atoms with van der Waals surface area (Å²) >= 11 is 0. The molecule has 0 aliphatic carbocycles. The number of rotatable bonds is 8. The molecule has 1 saturated heterocycles. The number of nitrogens with zero attached hydrogens (tertiary/aromatic N) is 1. The van der Waals surface area contributed by atoms with Crippen molar-refractivity contribution in [2.24, 2.45) is 5.92 Å². The number of nitrogens with one attached hydrogen (secondary N) is 1. The van der Waals surface area contributed by atoms with E-state index in [1.807, 2.05) is 24.3 Å². The summed E-state index contributed by atoms with van der Waals surface area (Å²) in [5.74, 6) is 0.0359. The van der Waals surface area contributed by atoms with Crippen LogP contribution in [-0.2, 0) is 17.6 Å². The Hall–Kier alpha value is -3.80. The first-order valence-electron chi connectivity index (χ1n) is 11.6. The molecule has 1 aliphatic heterocycles. The Labute approximate surface area is 200 Å². The number of hydrogen-bond acceptors (Lipinski definition) is 4. The van der Waals surface area contributed by atoms with E-state index in [1.165, 1.54) is 5.56 Å². The SMILES string of the molecule is COc1ccc(CC(=O)Nc2ccc(N3CCC(Cc4ccccc4)CC3)cc2C(=O)O)cc1. The third-order valence-electron chi connectivity index (χ3n) is 6.38. The molecule has 1 heterocycles. The van der Waals surface area contributed by atoms with Crippen molar-refractivity contribution < 1.29 is 19.4 Å². The van der Waals surface area contributed by atoms with Gasteiger partial charge in [0.1, 0.15) is 5.75 Å². The van der Waals surface area contributed by atoms with Crippen LogP contribution >= 0.6 is 0 Å². The maximum atomic E-state index is 12.5. The van der Waals surface area contributed by atoms with Gasteiger partial charge < -0.3 is 20.1 Å². The lowest BCUT2D eigenvalue weighted by atomic mass is 9.90. The van der Waals surface area contributed by atoms with Gasteiger partial charge >= 0.3 is 5.97 Å². The molecule has 34 heavy (non-hydrogen) atoms. The van der Waals surface area contributed by atoms with Crippen molar-refractivity contribution >= 4 is 23.3 Å². The number of piperidine rings is 1. The van der Waals surface area contributed by atoms with E-state index in [-0.39, 0.29) is 17.9 Å². The van der Waals surface area contributed by atoms with Crippen molar-refractivity contribution in [3.63, 3.8) is 0 Å². The zero-order valence-electron chi connectivity index (χ0n) is 19.4. The third-order valence-corrected chi connectivity index (χ3v) is 6.38. The van der Waals surface area contributed by atoms with Gasteiger partial charge in [-0.1, -0.05) is 42.5 Å². The topological polar surface area (TPSA) is 78.9 Å². The van der Waals surface area contributed by atoms with Gasteiger partial charge in [0.25, 0.3) is 0 Å². The van der Waals surface area contributed by atoms with Gasteiger partial charge in [0.15, 0.2) is 0 Å². The first-order chi connectivity index (χ1) is 16.5. The molecular formula is C28H30N2O4. The van der Waals surface area contributed by atoms with E-state index in [1.54, 1.807) is 31.4 Å². The van der Waals surface area contributed by atoms with Crippen LogP contribution in [0, 0.1) is 5.92 Å². The van der Waals surface area contributed by atoms with Crippen LogP contribution in [0.25, 0.3) is 0 Å². The Morgan fingerprint density at radius 1 is 0.971 bits per heavy atom. The number of anilines is 2. The average molecular weight is 459 g/mol. The van der Waals surface area contributed by atoms with Crippen LogP contribution in [0.2, 0.25) is 0 Å². The second-order valence-corrected chi connectivity index (χ2v) is 8.73. The van der Waals surface area contributed by atoms with E-state index >= 15 is 0 Å². The van der Waals surface area contributed by atoms with Crippen LogP contribution < -0.4 is 15.0 Å². The van der Waals surface area contributed by atoms with Gasteiger partial charge in [0.2, 0.25) is 5.91 Å². The predicted molar refractivity (Wildman–Crippen MR) is 134 cm³/mol. The molecule has 6 nitrogen and oxygen atoms in total. The molecule has 0 spiro atoms. The third kappa shape index (κ3) is 5.95. The van der Waals surface area contributed by atoms with Gasteiger partial charge in [-0.05, 0) is 66.6 Å². The minimum Gasteiger partial charge on any atom is -0.497 e. The fraction of sp³-hybridized carbons (Fsp3) is 0.286. The molecule has 0 bridgehead atoms. The number of carboxylic acid groups (broad SMARTS) is 1. The molecule has 6 heteroatoms. The van der Waals surface area contributed by atoms with Crippen LogP contribution in [0.4, 0.5) is 11.4 Å². The molecule has 0 atom stereocenters. The summed E-state index contributed by atoms with van der Waals surface area (Å²) in [4.78, 5) is 26.7. The molecule has 0 aromatic heterocycles. The molecule has 1 amide bonds. The van der Waals surface area contributed by atoms with Gasteiger partial charge in [-0.25, -0.2) is 4.79 Å². The molecule has 176 valence electrons. The van der Waals surface area contributed by atoms with E-state index < -0.39 is 5.97 Å². The van der Waals surface area contributed by atoms with Gasteiger partial charge in [-0.2, -0.15) is 0 Å². The van der Waals surface area contributed by atoms with Crippen LogP contribution in [0.5, 0.6) is 5.75 Å². The molecular weight excluding hydrogens is 428 g/mol. The Morgan fingerprint density at radius 3 is 2.32 bits per heavy atom. The predicted octanol–water partition coefficient (Wildman–Crippen LogP) is 5.03. The standard InChI is InChI=1S/C28H30N2O4/c1-34-24-10-7-21(8-11-24)18-27(31)29-26-12-9-23(19-25(26)28(32)33)30-15-13-22(14-16-30)17-20-5-3-2-4-6-20/h2-12,19,22H,13-18H2,1H3,(H,29,31)(H,32,33). The van der Waals surface area contributed by atoms with Crippen molar-refractivity contribution in [3.8, 4) is 5.75 Å². The molecule has 0 saturated carbocycles. The van der Waals surface area contributed by atoms with E-state index in [4.69, 9.17) is 4.74 Å². The highest BCUT2D eigenvalue weighted by molar-refractivity contribution is 6.01. The average Bonchev–Trinajstić information content (AvgIpc) is 2.86. The molecule has 1 fully saturated rings. The Morgan fingerprint density at radius 2 is 1.68 bits per heavy atom. The summed E-state index contributed by atoms with van der Waals surface area (Å²) in [5.41, 5.74) is 3.48. The Kier molecular flexibility index (Phi) is 7.48. The first kappa shape index (κ1) is 23.4. The molecule has 0 unspecified atom stereocenters. The Bertz CT molecular complexity index is 1120. The first-order valence-corrected chi connectivity index (χ1v) is 11.6. The lowest BCUT2D eigenvalue weighted by Gasteiger charge is -2.34. The molecule has 0 radical (unpaired) electrons. The summed E-state index contributed by atoms with van der Waals surface area (Å²) in [6, 6.07) is 23.0. The summed E-state index contributed by atoms with van der Waals surface area (Å²) in [7, 11) is 1.59. The normalized spacial score (nSPS) is 14.0. The second kappa shape index (κ2) is 10.9. The van der Waals surface area contributed by atoms with Crippen LogP contribution in [-0.4, -0.2) is 37.2 Å². The fourth-order valence-corrected chi connectivity index (χ4v) is 4.48. The number of benzene rings is 3. The zero-order chi connectivity index (χ0) is 23.9. The molecule has 3 aromatic rings. The smallest absolute Gasteiger partial charge is 0.337 e. The lowest BCUT2D eigenvalue weighted by Crippen LogP contribution is -2.34. The minimum atomic E-state index is -1.06. The van der Waals surface area contributed by atoms with Crippen LogP contribution in [0.3, 0.4) is 0 Å². The highest BCUT2D eigenvalue weighted by Crippen LogP contribution is 2.29. The van der Waals surface area contributed by atoms with E-state index in [2.05, 4.69) is 34.5 Å². The minimum absolute atomic E-state index is 0.104. The number of carboxylic acids is 1. The van der Waals surface area contributed by atoms with Gasteiger partial charge in [0.05, 0.1) is 24.8 Å². The molecule has 2 N–H and O–H groups in total. The van der Waals surface area contributed by atoms with E-state index in [9.17, 15) is 14.7 Å². The van der Waals surface area contributed by atoms with E-state index in [0.29, 0.717) is 11.6 Å². The maximum absolute atomic E-state index is 12.5. The van der Waals surface area contributed by atoms with Gasteiger partial charge in [0, 0.05) is 18.8 Å². The summed E-state index contributed by atoms with van der Waals surface area (Å²) in [6.07, 6.45) is 3.36. The number of methoxy groups -OCH3 is 1. The highest BCUT2D eigenvalue weighted by Gasteiger charge is 2.22. The number of hydrogen-bond donors (Lipinski definition) is 2. The number of amides is 1. The largest absolute Gasteiger partial charge is 0.497 e. The Balaban J connectivity index is 1.38. The fourth-order valence-electron chi connectivity index (χ4n) is 4.48. The number of ether oxygens (including phenoxy) is 1. The maximum Gasteiger partial charge on any atom is 0.337 e. The number of carbonyl (C=O) groups excluding carboxylic acids is 1. The highest BCUT2D eigenvalue weighted by atomic mass is 16.5. The van der Waals surface area contributed by atoms with Crippen molar-refractivity contribution in [2.45, 2.75) is 25.7 Å². The monoisotopic (exact) mass is 458 g/mol. The summed E-state index contributed by atoms with van der Waals surface area (Å²) in [6.45, 7) is 1.78. The number of aromatic carboxylic acids is 1. The van der Waals surface area contributed by atoms with Crippen molar-refractivity contribution in [2.75, 3.05) is 30.4 Å². The van der Waals surface area contributed by atoms with Gasteiger partial charge in [-0.3, -0.25) is 4.79 Å². The van der Waals surface area contributed by atoms with Gasteiger partial charge in [-0.15, -0.1) is 0 Å². The molecule has 3 aromatic carbocycles. The zero-order valence-corrected chi connectivity index (χ0v) is 19.4. The lowest BCUT2D eigenvalue weighted by molar-refractivity contribution is -0.115. The van der Waals surface area contributed by atoms with Crippen LogP contribution in [0.15, 0.2) is 72.8 Å². The van der Waals surface area contributed by atoms with Crippen LogP contribution in [0.1, 0.15) is 34.3 Å². The molecule has 4 rings (SSSR count).